The van der Waals surface area contributed by atoms with Crippen molar-refractivity contribution in [1.29, 1.82) is 0 Å². The topological polar surface area (TPSA) is 76.7 Å². The van der Waals surface area contributed by atoms with Gasteiger partial charge in [-0.15, -0.1) is 10.2 Å². The highest BCUT2D eigenvalue weighted by Crippen LogP contribution is 2.16. The summed E-state index contributed by atoms with van der Waals surface area (Å²) < 4.78 is 6.45. The third-order valence-corrected chi connectivity index (χ3v) is 3.16. The van der Waals surface area contributed by atoms with Crippen LogP contribution in [0.5, 0.6) is 5.75 Å². The normalized spacial score (nSPS) is 10.7. The second-order valence-electron chi connectivity index (χ2n) is 4.56. The maximum Gasteiger partial charge on any atom is 0.355 e. The van der Waals surface area contributed by atoms with Gasteiger partial charge in [-0.2, -0.15) is 0 Å². The van der Waals surface area contributed by atoms with E-state index < -0.39 is 5.97 Å². The number of phenolic OH excluding ortho intramolecular Hbond substituents is 1. The molecule has 1 N–H and O–H groups in total. The lowest BCUT2D eigenvalue weighted by Crippen LogP contribution is -2.10. The van der Waals surface area contributed by atoms with Crippen LogP contribution < -0.4 is 0 Å². The highest BCUT2D eigenvalue weighted by molar-refractivity contribution is 5.88. The van der Waals surface area contributed by atoms with Crippen LogP contribution in [-0.4, -0.2) is 32.8 Å². The molecule has 0 aliphatic carbocycles. The van der Waals surface area contributed by atoms with Gasteiger partial charge < -0.3 is 9.84 Å². The molecular weight excluding hydrogens is 270 g/mol. The Morgan fingerprint density at radius 3 is 2.81 bits per heavy atom. The molecule has 2 aromatic heterocycles. The summed E-state index contributed by atoms with van der Waals surface area (Å²) >= 11 is 0. The Morgan fingerprint density at radius 1 is 1.24 bits per heavy atom. The molecule has 0 aliphatic rings. The van der Waals surface area contributed by atoms with Crippen LogP contribution in [0.25, 0.3) is 5.65 Å². The second kappa shape index (κ2) is 5.24. The van der Waals surface area contributed by atoms with Crippen molar-refractivity contribution in [3.63, 3.8) is 0 Å². The molecule has 0 fully saturated rings. The number of aromatic nitrogens is 3. The number of nitrogens with zero attached hydrogens (tertiary/aromatic N) is 3. The van der Waals surface area contributed by atoms with E-state index >= 15 is 0 Å². The minimum atomic E-state index is -0.447. The molecule has 6 nitrogen and oxygen atoms in total. The first-order chi connectivity index (χ1) is 10.2. The Hall–Kier alpha value is -2.89. The summed E-state index contributed by atoms with van der Waals surface area (Å²) in [7, 11) is 1.33. The Bertz CT molecular complexity index is 811. The number of rotatable bonds is 3. The van der Waals surface area contributed by atoms with Gasteiger partial charge >= 0.3 is 5.97 Å². The molecule has 0 unspecified atom stereocenters. The first kappa shape index (κ1) is 13.1. The molecule has 0 spiro atoms. The van der Waals surface area contributed by atoms with E-state index in [1.165, 1.54) is 7.11 Å². The van der Waals surface area contributed by atoms with Crippen LogP contribution in [0.2, 0.25) is 0 Å². The molecule has 106 valence electrons. The first-order valence-corrected chi connectivity index (χ1v) is 6.38. The maximum absolute atomic E-state index is 11.8. The van der Waals surface area contributed by atoms with Gasteiger partial charge in [-0.1, -0.05) is 18.2 Å². The number of methoxy groups -OCH3 is 1. The van der Waals surface area contributed by atoms with E-state index in [0.29, 0.717) is 23.6 Å². The summed E-state index contributed by atoms with van der Waals surface area (Å²) in [6.45, 7) is 0. The average Bonchev–Trinajstić information content (AvgIpc) is 2.90. The van der Waals surface area contributed by atoms with E-state index in [0.717, 1.165) is 5.56 Å². The summed E-state index contributed by atoms with van der Waals surface area (Å²) in [6.07, 6.45) is 0.448. The zero-order valence-electron chi connectivity index (χ0n) is 11.4. The van der Waals surface area contributed by atoms with Crippen LogP contribution in [0.15, 0.2) is 42.5 Å². The second-order valence-corrected chi connectivity index (χ2v) is 4.56. The van der Waals surface area contributed by atoms with Gasteiger partial charge in [0.15, 0.2) is 5.65 Å². The molecule has 3 rings (SSSR count). The highest BCUT2D eigenvalue weighted by Gasteiger charge is 2.15. The zero-order valence-corrected chi connectivity index (χ0v) is 11.4. The number of hydrogen-bond acceptors (Lipinski definition) is 5. The van der Waals surface area contributed by atoms with Gasteiger partial charge in [-0.05, 0) is 29.8 Å². The number of fused-ring (bicyclic) bond motifs is 1. The lowest BCUT2D eigenvalue weighted by Gasteiger charge is -2.06. The molecule has 0 atom stereocenters. The Labute approximate surface area is 120 Å². The largest absolute Gasteiger partial charge is 0.508 e. The van der Waals surface area contributed by atoms with Crippen molar-refractivity contribution in [3.8, 4) is 5.75 Å². The van der Waals surface area contributed by atoms with E-state index in [4.69, 9.17) is 4.74 Å². The van der Waals surface area contributed by atoms with Gasteiger partial charge in [0, 0.05) is 6.42 Å². The Balaban J connectivity index is 2.09. The van der Waals surface area contributed by atoms with Gasteiger partial charge in [-0.25, -0.2) is 4.79 Å². The fraction of sp³-hybridized carbons (Fsp3) is 0.133. The van der Waals surface area contributed by atoms with Crippen molar-refractivity contribution in [2.45, 2.75) is 6.42 Å². The zero-order chi connectivity index (χ0) is 14.8. The van der Waals surface area contributed by atoms with Gasteiger partial charge in [-0.3, -0.25) is 4.40 Å². The Morgan fingerprint density at radius 2 is 2.05 bits per heavy atom. The third kappa shape index (κ3) is 2.43. The molecule has 0 radical (unpaired) electrons. The lowest BCUT2D eigenvalue weighted by atomic mass is 10.1. The predicted octanol–water partition coefficient (Wildman–Crippen LogP) is 1.81. The van der Waals surface area contributed by atoms with Crippen molar-refractivity contribution in [1.82, 2.24) is 14.6 Å². The van der Waals surface area contributed by atoms with Gasteiger partial charge in [0.2, 0.25) is 0 Å². The summed E-state index contributed by atoms with van der Waals surface area (Å²) in [5.41, 5.74) is 1.83. The van der Waals surface area contributed by atoms with E-state index in [9.17, 15) is 9.90 Å². The molecule has 1 aromatic carbocycles. The van der Waals surface area contributed by atoms with E-state index in [1.807, 2.05) is 6.07 Å². The Kier molecular flexibility index (Phi) is 3.27. The lowest BCUT2D eigenvalue weighted by molar-refractivity contribution is 0.0592. The molecule has 0 bridgehead atoms. The summed E-state index contributed by atoms with van der Waals surface area (Å²) in [4.78, 5) is 11.8. The smallest absolute Gasteiger partial charge is 0.355 e. The number of pyridine rings is 1. The van der Waals surface area contributed by atoms with E-state index in [1.54, 1.807) is 40.8 Å². The maximum atomic E-state index is 11.8. The monoisotopic (exact) mass is 283 g/mol. The molecular formula is C15H13N3O3. The molecule has 2 heterocycles. The van der Waals surface area contributed by atoms with Gasteiger partial charge in [0.25, 0.3) is 0 Å². The van der Waals surface area contributed by atoms with E-state index in [-0.39, 0.29) is 5.75 Å². The predicted molar refractivity (Wildman–Crippen MR) is 75.2 cm³/mol. The molecule has 0 amide bonds. The van der Waals surface area contributed by atoms with Crippen LogP contribution in [0.3, 0.4) is 0 Å². The third-order valence-electron chi connectivity index (χ3n) is 3.16. The quantitative estimate of drug-likeness (QED) is 0.742. The number of phenols is 1. The van der Waals surface area contributed by atoms with Gasteiger partial charge in [0.05, 0.1) is 7.11 Å². The fourth-order valence-electron chi connectivity index (χ4n) is 2.23. The van der Waals surface area contributed by atoms with E-state index in [2.05, 4.69) is 10.2 Å². The van der Waals surface area contributed by atoms with Crippen molar-refractivity contribution in [3.05, 3.63) is 59.5 Å². The number of benzene rings is 1. The number of hydrogen-bond donors (Lipinski definition) is 1. The highest BCUT2D eigenvalue weighted by atomic mass is 16.5. The van der Waals surface area contributed by atoms with Crippen molar-refractivity contribution >= 4 is 11.6 Å². The number of aromatic hydroxyl groups is 1. The van der Waals surface area contributed by atoms with Crippen molar-refractivity contribution < 1.29 is 14.6 Å². The first-order valence-electron chi connectivity index (χ1n) is 6.38. The summed E-state index contributed by atoms with van der Waals surface area (Å²) in [5, 5.41) is 17.7. The number of esters is 1. The van der Waals surface area contributed by atoms with Crippen LogP contribution in [-0.2, 0) is 11.2 Å². The molecule has 21 heavy (non-hydrogen) atoms. The number of ether oxygens (including phenoxy) is 1. The average molecular weight is 283 g/mol. The van der Waals surface area contributed by atoms with Crippen LogP contribution in [0.4, 0.5) is 0 Å². The van der Waals surface area contributed by atoms with Crippen molar-refractivity contribution in [2.75, 3.05) is 7.11 Å². The minimum Gasteiger partial charge on any atom is -0.508 e. The SMILES string of the molecule is COC(=O)c1cccc2nnc(Cc3cccc(O)c3)n12. The summed E-state index contributed by atoms with van der Waals surface area (Å²) in [5.74, 6) is 0.351. The number of carbonyl (C=O) groups excluding carboxylic acids is 1. The molecule has 0 aliphatic heterocycles. The summed E-state index contributed by atoms with van der Waals surface area (Å²) in [6, 6.07) is 12.1. The fourth-order valence-corrected chi connectivity index (χ4v) is 2.23. The van der Waals surface area contributed by atoms with Crippen LogP contribution in [0.1, 0.15) is 21.9 Å². The molecule has 0 saturated carbocycles. The molecule has 0 saturated heterocycles. The van der Waals surface area contributed by atoms with Crippen LogP contribution >= 0.6 is 0 Å². The van der Waals surface area contributed by atoms with Crippen LogP contribution in [0, 0.1) is 0 Å². The minimum absolute atomic E-state index is 0.189. The molecule has 3 aromatic rings. The number of carbonyl (C=O) groups is 1. The molecule has 6 heteroatoms. The van der Waals surface area contributed by atoms with Crippen molar-refractivity contribution in [2.24, 2.45) is 0 Å². The standard InChI is InChI=1S/C15H13N3O3/c1-21-15(20)12-6-3-7-13-16-17-14(18(12)13)9-10-4-2-5-11(19)8-10/h2-8,19H,9H2,1H3. The van der Waals surface area contributed by atoms with Gasteiger partial charge in [0.1, 0.15) is 17.3 Å².